The Morgan fingerprint density at radius 2 is 1.15 bits per heavy atom. The number of aromatic nitrogens is 2. The number of rotatable bonds is 3. The minimum Gasteiger partial charge on any atom is -0.232 e. The van der Waals surface area contributed by atoms with E-state index in [1.807, 2.05) is 6.07 Å². The lowest BCUT2D eigenvalue weighted by Gasteiger charge is -2.09. The van der Waals surface area contributed by atoms with E-state index in [1.54, 1.807) is 0 Å². The van der Waals surface area contributed by atoms with Gasteiger partial charge in [0.2, 0.25) is 0 Å². The average Bonchev–Trinajstić information content (AvgIpc) is 3.01. The van der Waals surface area contributed by atoms with Crippen LogP contribution in [0.3, 0.4) is 0 Å². The van der Waals surface area contributed by atoms with E-state index in [0.717, 1.165) is 22.6 Å². The molecule has 0 amide bonds. The monoisotopic (exact) mass is 338 g/mol. The summed E-state index contributed by atoms with van der Waals surface area (Å²) in [5.41, 5.74) is 9.30. The minimum atomic E-state index is 1.03. The van der Waals surface area contributed by atoms with Crippen LogP contribution < -0.4 is 0 Å². The van der Waals surface area contributed by atoms with E-state index in [-0.39, 0.29) is 0 Å². The van der Waals surface area contributed by atoms with Gasteiger partial charge in [-0.1, -0.05) is 77.9 Å². The second kappa shape index (κ2) is 6.64. The van der Waals surface area contributed by atoms with E-state index >= 15 is 0 Å². The lowest BCUT2D eigenvalue weighted by atomic mass is 10.0. The van der Waals surface area contributed by atoms with Crippen LogP contribution in [0, 0.1) is 20.8 Å². The third-order valence-electron chi connectivity index (χ3n) is 4.77. The topological polar surface area (TPSA) is 17.8 Å². The number of aryl methyl sites for hydroxylation is 2. The second-order valence-electron chi connectivity index (χ2n) is 6.80. The second-order valence-corrected chi connectivity index (χ2v) is 6.80. The molecule has 26 heavy (non-hydrogen) atoms. The van der Waals surface area contributed by atoms with Gasteiger partial charge in [0.15, 0.2) is 0 Å². The molecule has 0 N–H and O–H groups in total. The largest absolute Gasteiger partial charge is 0.232 e. The van der Waals surface area contributed by atoms with Crippen molar-refractivity contribution in [3.8, 4) is 28.2 Å². The molecule has 1 aromatic heterocycles. The van der Waals surface area contributed by atoms with Crippen molar-refractivity contribution in [1.82, 2.24) is 9.78 Å². The zero-order valence-corrected chi connectivity index (χ0v) is 15.4. The number of hydrogen-bond donors (Lipinski definition) is 0. The fourth-order valence-electron chi connectivity index (χ4n) is 3.29. The van der Waals surface area contributed by atoms with Crippen LogP contribution in [0.25, 0.3) is 28.2 Å². The lowest BCUT2D eigenvalue weighted by molar-refractivity contribution is 0.891. The van der Waals surface area contributed by atoms with E-state index in [9.17, 15) is 0 Å². The standard InChI is InChI=1S/C24H22N2/c1-17-9-13-20(14-10-17)23-19(3)24(21-15-11-18(2)12-16-21)26(25-23)22-7-5-4-6-8-22/h4-16H,1-3H3. The predicted octanol–water partition coefficient (Wildman–Crippen LogP) is 6.13. The molecule has 3 aromatic carbocycles. The average molecular weight is 338 g/mol. The summed E-state index contributed by atoms with van der Waals surface area (Å²) in [6.45, 7) is 6.39. The van der Waals surface area contributed by atoms with Gasteiger partial charge in [-0.25, -0.2) is 4.68 Å². The molecule has 0 spiro atoms. The van der Waals surface area contributed by atoms with Gasteiger partial charge in [0.1, 0.15) is 0 Å². The van der Waals surface area contributed by atoms with Crippen molar-refractivity contribution in [2.75, 3.05) is 0 Å². The first-order valence-electron chi connectivity index (χ1n) is 8.92. The van der Waals surface area contributed by atoms with Crippen LogP contribution in [0.1, 0.15) is 16.7 Å². The molecule has 0 saturated carbocycles. The van der Waals surface area contributed by atoms with Crippen molar-refractivity contribution >= 4 is 0 Å². The number of hydrogen-bond acceptors (Lipinski definition) is 1. The number of para-hydroxylation sites is 1. The van der Waals surface area contributed by atoms with Crippen LogP contribution in [0.5, 0.6) is 0 Å². The van der Waals surface area contributed by atoms with Crippen LogP contribution in [0.4, 0.5) is 0 Å². The van der Waals surface area contributed by atoms with E-state index in [4.69, 9.17) is 5.10 Å². The Morgan fingerprint density at radius 1 is 0.615 bits per heavy atom. The number of nitrogens with zero attached hydrogens (tertiary/aromatic N) is 2. The van der Waals surface area contributed by atoms with Crippen LogP contribution in [0.2, 0.25) is 0 Å². The molecule has 2 heteroatoms. The van der Waals surface area contributed by atoms with Crippen molar-refractivity contribution < 1.29 is 0 Å². The van der Waals surface area contributed by atoms with E-state index < -0.39 is 0 Å². The zero-order valence-electron chi connectivity index (χ0n) is 15.4. The highest BCUT2D eigenvalue weighted by molar-refractivity contribution is 5.75. The van der Waals surface area contributed by atoms with E-state index in [0.29, 0.717) is 0 Å². The van der Waals surface area contributed by atoms with Crippen LogP contribution in [-0.4, -0.2) is 9.78 Å². The van der Waals surface area contributed by atoms with Gasteiger partial charge in [-0.15, -0.1) is 0 Å². The summed E-state index contributed by atoms with van der Waals surface area (Å²) in [5.74, 6) is 0. The van der Waals surface area contributed by atoms with Crippen molar-refractivity contribution in [2.45, 2.75) is 20.8 Å². The Kier molecular flexibility index (Phi) is 4.18. The molecule has 0 bridgehead atoms. The third-order valence-corrected chi connectivity index (χ3v) is 4.77. The Bertz CT molecular complexity index is 1020. The molecule has 0 unspecified atom stereocenters. The van der Waals surface area contributed by atoms with Crippen LogP contribution in [-0.2, 0) is 0 Å². The SMILES string of the molecule is Cc1ccc(-c2nn(-c3ccccc3)c(-c3ccc(C)cc3)c2C)cc1. The summed E-state index contributed by atoms with van der Waals surface area (Å²) >= 11 is 0. The maximum atomic E-state index is 5.00. The van der Waals surface area contributed by atoms with Crippen molar-refractivity contribution in [3.05, 3.63) is 95.6 Å². The highest BCUT2D eigenvalue weighted by Gasteiger charge is 2.18. The van der Waals surface area contributed by atoms with Crippen LogP contribution in [0.15, 0.2) is 78.9 Å². The quantitative estimate of drug-likeness (QED) is 0.439. The van der Waals surface area contributed by atoms with Crippen molar-refractivity contribution in [1.29, 1.82) is 0 Å². The molecule has 2 nitrogen and oxygen atoms in total. The van der Waals surface area contributed by atoms with Crippen LogP contribution >= 0.6 is 0 Å². The molecule has 1 heterocycles. The van der Waals surface area contributed by atoms with E-state index in [2.05, 4.69) is 98.2 Å². The number of benzene rings is 3. The maximum absolute atomic E-state index is 5.00. The molecule has 128 valence electrons. The van der Waals surface area contributed by atoms with Crippen molar-refractivity contribution in [2.24, 2.45) is 0 Å². The van der Waals surface area contributed by atoms with Gasteiger partial charge in [0.05, 0.1) is 17.1 Å². The summed E-state index contributed by atoms with van der Waals surface area (Å²) in [6.07, 6.45) is 0. The fourth-order valence-corrected chi connectivity index (χ4v) is 3.29. The Labute approximate surface area is 154 Å². The van der Waals surface area contributed by atoms with Gasteiger partial charge in [-0.2, -0.15) is 5.10 Å². The minimum absolute atomic E-state index is 1.03. The summed E-state index contributed by atoms with van der Waals surface area (Å²) in [6, 6.07) is 27.6. The summed E-state index contributed by atoms with van der Waals surface area (Å²) in [5, 5.41) is 5.00. The van der Waals surface area contributed by atoms with Gasteiger partial charge in [0, 0.05) is 16.7 Å². The molecule has 0 aliphatic rings. The zero-order chi connectivity index (χ0) is 18.1. The Balaban J connectivity index is 1.96. The first-order valence-corrected chi connectivity index (χ1v) is 8.92. The molecule has 0 atom stereocenters. The molecule has 0 saturated heterocycles. The lowest BCUT2D eigenvalue weighted by Crippen LogP contribution is -1.99. The Morgan fingerprint density at radius 3 is 1.73 bits per heavy atom. The fraction of sp³-hybridized carbons (Fsp3) is 0.125. The summed E-state index contributed by atoms with van der Waals surface area (Å²) in [7, 11) is 0. The highest BCUT2D eigenvalue weighted by Crippen LogP contribution is 2.33. The molecule has 4 rings (SSSR count). The predicted molar refractivity (Wildman–Crippen MR) is 109 cm³/mol. The van der Waals surface area contributed by atoms with Gasteiger partial charge >= 0.3 is 0 Å². The molecular weight excluding hydrogens is 316 g/mol. The van der Waals surface area contributed by atoms with Gasteiger partial charge < -0.3 is 0 Å². The molecule has 0 aliphatic carbocycles. The molecule has 0 fully saturated rings. The van der Waals surface area contributed by atoms with Crippen molar-refractivity contribution in [3.63, 3.8) is 0 Å². The molecule has 4 aromatic rings. The highest BCUT2D eigenvalue weighted by atomic mass is 15.3. The third kappa shape index (κ3) is 2.95. The summed E-state index contributed by atoms with van der Waals surface area (Å²) < 4.78 is 2.06. The molecule has 0 aliphatic heterocycles. The Hall–Kier alpha value is -3.13. The van der Waals surface area contributed by atoms with Gasteiger partial charge in [-0.3, -0.25) is 0 Å². The molecule has 0 radical (unpaired) electrons. The summed E-state index contributed by atoms with van der Waals surface area (Å²) in [4.78, 5) is 0. The van der Waals surface area contributed by atoms with Gasteiger partial charge in [0.25, 0.3) is 0 Å². The maximum Gasteiger partial charge on any atom is 0.0963 e. The first kappa shape index (κ1) is 16.3. The molecular formula is C24H22N2. The van der Waals surface area contributed by atoms with E-state index in [1.165, 1.54) is 22.3 Å². The normalized spacial score (nSPS) is 10.9. The van der Waals surface area contributed by atoms with Gasteiger partial charge in [-0.05, 0) is 32.9 Å². The smallest absolute Gasteiger partial charge is 0.0963 e. The first-order chi connectivity index (χ1) is 12.6.